The summed E-state index contributed by atoms with van der Waals surface area (Å²) in [5.41, 5.74) is 0. The average molecular weight is 294 g/mol. The van der Waals surface area contributed by atoms with Crippen LogP contribution in [0.4, 0.5) is 0 Å². The Balaban J connectivity index is 2.94. The van der Waals surface area contributed by atoms with Crippen molar-refractivity contribution < 1.29 is 23.1 Å². The van der Waals surface area contributed by atoms with Gasteiger partial charge in [0.15, 0.2) is 0 Å². The first kappa shape index (κ1) is 14.7. The van der Waals surface area contributed by atoms with Crippen LogP contribution in [0.2, 0.25) is 5.02 Å². The van der Waals surface area contributed by atoms with Crippen LogP contribution in [0.25, 0.3) is 0 Å². The van der Waals surface area contributed by atoms with Crippen molar-refractivity contribution in [1.82, 2.24) is 4.72 Å². The Hall–Kier alpha value is -1.31. The number of carbonyl (C=O) groups is 1. The number of carboxylic acid groups (broad SMARTS) is 1. The molecule has 0 aromatic heterocycles. The third-order valence-corrected chi connectivity index (χ3v) is 3.78. The van der Waals surface area contributed by atoms with E-state index in [1.807, 2.05) is 0 Å². The number of hydrogen-bond donors (Lipinski definition) is 2. The van der Waals surface area contributed by atoms with Gasteiger partial charge in [-0.2, -0.15) is 0 Å². The molecule has 0 aliphatic rings. The lowest BCUT2D eigenvalue weighted by Crippen LogP contribution is -2.26. The number of methoxy groups -OCH3 is 1. The maximum Gasteiger partial charge on any atom is 0.304 e. The maximum absolute atomic E-state index is 11.9. The second-order valence-electron chi connectivity index (χ2n) is 3.34. The Kier molecular flexibility index (Phi) is 4.94. The molecule has 18 heavy (non-hydrogen) atoms. The lowest BCUT2D eigenvalue weighted by atomic mass is 10.3. The molecular formula is C10H12ClNO5S. The molecule has 0 aliphatic carbocycles. The van der Waals surface area contributed by atoms with Gasteiger partial charge in [0.05, 0.1) is 13.5 Å². The first-order chi connectivity index (χ1) is 8.36. The number of ether oxygens (including phenoxy) is 1. The van der Waals surface area contributed by atoms with Crippen LogP contribution in [-0.4, -0.2) is 33.1 Å². The zero-order valence-corrected chi connectivity index (χ0v) is 11.1. The highest BCUT2D eigenvalue weighted by molar-refractivity contribution is 7.89. The standard InChI is InChI=1S/C10H12ClNO5S/c1-17-8-6-7(11)2-3-9(8)18(15,16)12-5-4-10(13)14/h2-3,6,12H,4-5H2,1H3,(H,13,14). The van der Waals surface area contributed by atoms with E-state index in [1.165, 1.54) is 25.3 Å². The van der Waals surface area contributed by atoms with Crippen molar-refractivity contribution in [3.05, 3.63) is 23.2 Å². The highest BCUT2D eigenvalue weighted by Crippen LogP contribution is 2.26. The molecular weight excluding hydrogens is 282 g/mol. The van der Waals surface area contributed by atoms with Crippen LogP contribution in [0.15, 0.2) is 23.1 Å². The number of nitrogens with one attached hydrogen (secondary N) is 1. The number of carboxylic acids is 1. The zero-order chi connectivity index (χ0) is 13.8. The van der Waals surface area contributed by atoms with Gasteiger partial charge in [0.2, 0.25) is 10.0 Å². The molecule has 0 radical (unpaired) electrons. The van der Waals surface area contributed by atoms with E-state index < -0.39 is 16.0 Å². The molecule has 1 aromatic carbocycles. The quantitative estimate of drug-likeness (QED) is 0.819. The first-order valence-electron chi connectivity index (χ1n) is 4.92. The molecule has 0 saturated heterocycles. The summed E-state index contributed by atoms with van der Waals surface area (Å²) in [7, 11) is -2.49. The molecule has 0 spiro atoms. The molecule has 6 nitrogen and oxygen atoms in total. The van der Waals surface area contributed by atoms with Crippen molar-refractivity contribution >= 4 is 27.6 Å². The van der Waals surface area contributed by atoms with E-state index in [0.717, 1.165) is 0 Å². The SMILES string of the molecule is COc1cc(Cl)ccc1S(=O)(=O)NCCC(=O)O. The van der Waals surface area contributed by atoms with Gasteiger partial charge >= 0.3 is 5.97 Å². The van der Waals surface area contributed by atoms with E-state index >= 15 is 0 Å². The predicted octanol–water partition coefficient (Wildman–Crippen LogP) is 1.10. The van der Waals surface area contributed by atoms with E-state index in [1.54, 1.807) is 0 Å². The zero-order valence-electron chi connectivity index (χ0n) is 9.51. The fourth-order valence-corrected chi connectivity index (χ4v) is 2.58. The predicted molar refractivity (Wildman–Crippen MR) is 65.4 cm³/mol. The van der Waals surface area contributed by atoms with Crippen molar-refractivity contribution in [2.45, 2.75) is 11.3 Å². The van der Waals surface area contributed by atoms with Crippen LogP contribution in [0.3, 0.4) is 0 Å². The molecule has 0 unspecified atom stereocenters. The highest BCUT2D eigenvalue weighted by atomic mass is 35.5. The van der Waals surface area contributed by atoms with Gasteiger partial charge in [-0.05, 0) is 12.1 Å². The number of benzene rings is 1. The van der Waals surface area contributed by atoms with E-state index in [2.05, 4.69) is 4.72 Å². The third kappa shape index (κ3) is 3.86. The summed E-state index contributed by atoms with van der Waals surface area (Å²) >= 11 is 5.72. The van der Waals surface area contributed by atoms with E-state index in [9.17, 15) is 13.2 Å². The number of hydrogen-bond acceptors (Lipinski definition) is 4. The van der Waals surface area contributed by atoms with Gasteiger partial charge in [-0.3, -0.25) is 4.79 Å². The number of halogens is 1. The van der Waals surface area contributed by atoms with Crippen molar-refractivity contribution in [2.75, 3.05) is 13.7 Å². The van der Waals surface area contributed by atoms with Crippen LogP contribution in [0.5, 0.6) is 5.75 Å². The monoisotopic (exact) mass is 293 g/mol. The van der Waals surface area contributed by atoms with Crippen LogP contribution in [0.1, 0.15) is 6.42 Å². The average Bonchev–Trinajstić information content (AvgIpc) is 2.27. The van der Waals surface area contributed by atoms with Gasteiger partial charge in [0.25, 0.3) is 0 Å². The highest BCUT2D eigenvalue weighted by Gasteiger charge is 2.19. The molecule has 0 atom stereocenters. The fourth-order valence-electron chi connectivity index (χ4n) is 1.23. The summed E-state index contributed by atoms with van der Waals surface area (Å²) in [6.07, 6.45) is -0.296. The molecule has 1 aromatic rings. The van der Waals surface area contributed by atoms with Crippen LogP contribution < -0.4 is 9.46 Å². The second-order valence-corrected chi connectivity index (χ2v) is 5.51. The Labute approximate surface area is 110 Å². The smallest absolute Gasteiger partial charge is 0.304 e. The largest absolute Gasteiger partial charge is 0.495 e. The number of aliphatic carboxylic acids is 1. The summed E-state index contributed by atoms with van der Waals surface area (Å²) in [5, 5.41) is 8.78. The van der Waals surface area contributed by atoms with E-state index in [0.29, 0.717) is 5.02 Å². The maximum atomic E-state index is 11.9. The molecule has 0 aliphatic heterocycles. The summed E-state index contributed by atoms with van der Waals surface area (Å²) in [5.74, 6) is -0.980. The minimum atomic E-state index is -3.81. The Bertz CT molecular complexity index is 543. The third-order valence-electron chi connectivity index (χ3n) is 2.05. The topological polar surface area (TPSA) is 92.7 Å². The molecule has 8 heteroatoms. The van der Waals surface area contributed by atoms with Gasteiger partial charge < -0.3 is 9.84 Å². The van der Waals surface area contributed by atoms with Gasteiger partial charge in [0, 0.05) is 17.6 Å². The molecule has 1 rings (SSSR count). The van der Waals surface area contributed by atoms with Crippen molar-refractivity contribution in [3.63, 3.8) is 0 Å². The molecule has 2 N–H and O–H groups in total. The van der Waals surface area contributed by atoms with E-state index in [-0.39, 0.29) is 23.6 Å². The van der Waals surface area contributed by atoms with Gasteiger partial charge in [0.1, 0.15) is 10.6 Å². The fraction of sp³-hybridized carbons (Fsp3) is 0.300. The van der Waals surface area contributed by atoms with Crippen LogP contribution in [-0.2, 0) is 14.8 Å². The lowest BCUT2D eigenvalue weighted by Gasteiger charge is -2.10. The molecule has 0 bridgehead atoms. The Morgan fingerprint density at radius 2 is 2.17 bits per heavy atom. The van der Waals surface area contributed by atoms with Gasteiger partial charge in [-0.15, -0.1) is 0 Å². The normalized spacial score (nSPS) is 11.2. The molecule has 0 amide bonds. The Morgan fingerprint density at radius 1 is 1.50 bits per heavy atom. The minimum Gasteiger partial charge on any atom is -0.495 e. The van der Waals surface area contributed by atoms with Gasteiger partial charge in [-0.1, -0.05) is 11.6 Å². The molecule has 100 valence electrons. The summed E-state index contributed by atoms with van der Waals surface area (Å²) in [6, 6.07) is 4.08. The van der Waals surface area contributed by atoms with Crippen LogP contribution >= 0.6 is 11.6 Å². The molecule has 0 heterocycles. The van der Waals surface area contributed by atoms with E-state index in [4.69, 9.17) is 21.4 Å². The minimum absolute atomic E-state index is 0.0835. The van der Waals surface area contributed by atoms with Gasteiger partial charge in [-0.25, -0.2) is 13.1 Å². The summed E-state index contributed by atoms with van der Waals surface area (Å²) < 4.78 is 30.8. The molecule has 0 fully saturated rings. The number of sulfonamides is 1. The second kappa shape index (κ2) is 6.03. The number of rotatable bonds is 6. The Morgan fingerprint density at radius 3 is 2.72 bits per heavy atom. The summed E-state index contributed by atoms with van der Waals surface area (Å²) in [4.78, 5) is 10.2. The van der Waals surface area contributed by atoms with Crippen LogP contribution in [0, 0.1) is 0 Å². The summed E-state index contributed by atoms with van der Waals surface area (Å²) in [6.45, 7) is -0.191. The first-order valence-corrected chi connectivity index (χ1v) is 6.78. The van der Waals surface area contributed by atoms with Crippen molar-refractivity contribution in [2.24, 2.45) is 0 Å². The van der Waals surface area contributed by atoms with Crippen molar-refractivity contribution in [1.29, 1.82) is 0 Å². The lowest BCUT2D eigenvalue weighted by molar-refractivity contribution is -0.136. The molecule has 0 saturated carbocycles. The van der Waals surface area contributed by atoms with Crippen molar-refractivity contribution in [3.8, 4) is 5.75 Å².